The van der Waals surface area contributed by atoms with E-state index in [9.17, 15) is 13.5 Å². The molecule has 0 saturated carbocycles. The molecule has 0 fully saturated rings. The highest BCUT2D eigenvalue weighted by atomic mass is 32.2. The van der Waals surface area contributed by atoms with Gasteiger partial charge in [-0.2, -0.15) is 5.10 Å². The molecule has 2 rings (SSSR count). The van der Waals surface area contributed by atoms with E-state index in [1.165, 1.54) is 12.3 Å². The number of aromatic nitrogens is 2. The van der Waals surface area contributed by atoms with E-state index in [2.05, 4.69) is 9.82 Å². The third kappa shape index (κ3) is 3.25. The summed E-state index contributed by atoms with van der Waals surface area (Å²) >= 11 is 0. The lowest BCUT2D eigenvalue weighted by atomic mass is 10.1. The van der Waals surface area contributed by atoms with Crippen molar-refractivity contribution in [1.82, 2.24) is 9.78 Å². The number of anilines is 1. The van der Waals surface area contributed by atoms with Gasteiger partial charge in [-0.05, 0) is 43.5 Å². The number of hydrogen-bond acceptors (Lipinski definition) is 4. The average molecular weight is 309 g/mol. The van der Waals surface area contributed by atoms with Crippen LogP contribution in [-0.4, -0.2) is 23.3 Å². The van der Waals surface area contributed by atoms with Crippen molar-refractivity contribution in [3.05, 3.63) is 41.2 Å². The molecule has 1 aromatic heterocycles. The Kier molecular flexibility index (Phi) is 4.34. The van der Waals surface area contributed by atoms with Crippen LogP contribution in [0.25, 0.3) is 0 Å². The summed E-state index contributed by atoms with van der Waals surface area (Å²) < 4.78 is 29.1. The zero-order valence-corrected chi connectivity index (χ0v) is 13.1. The maximum atomic E-state index is 12.5. The van der Waals surface area contributed by atoms with Gasteiger partial charge in [0.1, 0.15) is 0 Å². The Morgan fingerprint density at radius 2 is 2.00 bits per heavy atom. The van der Waals surface area contributed by atoms with E-state index in [4.69, 9.17) is 0 Å². The largest absolute Gasteiger partial charge is 0.392 e. The molecule has 0 spiro atoms. The number of aryl methyl sites for hydroxylation is 3. The molecule has 21 heavy (non-hydrogen) atoms. The van der Waals surface area contributed by atoms with Gasteiger partial charge in [-0.15, -0.1) is 0 Å². The van der Waals surface area contributed by atoms with Gasteiger partial charge in [0.2, 0.25) is 0 Å². The summed E-state index contributed by atoms with van der Waals surface area (Å²) in [7, 11) is -3.70. The lowest BCUT2D eigenvalue weighted by Gasteiger charge is -2.12. The normalized spacial score (nSPS) is 11.6. The summed E-state index contributed by atoms with van der Waals surface area (Å²) in [6.07, 6.45) is 3.10. The number of aliphatic hydroxyl groups is 1. The molecule has 0 aliphatic heterocycles. The van der Waals surface area contributed by atoms with E-state index in [1.807, 2.05) is 13.8 Å². The quantitative estimate of drug-likeness (QED) is 0.882. The standard InChI is InChI=1S/C14H19N3O3S/c1-4-17-8-13(7-15-17)16-21(19,20)14-6-12(9-18)10(2)5-11(14)3/h5-8,16,18H,4,9H2,1-3H3. The topological polar surface area (TPSA) is 84.2 Å². The number of hydrogen-bond donors (Lipinski definition) is 2. The molecule has 0 saturated heterocycles. The SMILES string of the molecule is CCn1cc(NS(=O)(=O)c2cc(CO)c(C)cc2C)cn1. The molecule has 6 nitrogen and oxygen atoms in total. The van der Waals surface area contributed by atoms with Crippen molar-refractivity contribution >= 4 is 15.7 Å². The number of sulfonamides is 1. The number of nitrogens with one attached hydrogen (secondary N) is 1. The Bertz CT molecular complexity index is 751. The van der Waals surface area contributed by atoms with Crippen LogP contribution in [0.3, 0.4) is 0 Å². The van der Waals surface area contributed by atoms with Crippen molar-refractivity contribution < 1.29 is 13.5 Å². The molecule has 7 heteroatoms. The van der Waals surface area contributed by atoms with Gasteiger partial charge in [0, 0.05) is 12.7 Å². The van der Waals surface area contributed by atoms with E-state index in [0.29, 0.717) is 23.4 Å². The van der Waals surface area contributed by atoms with Crippen LogP contribution in [0.1, 0.15) is 23.6 Å². The Labute approximate surface area is 124 Å². The first-order chi connectivity index (χ1) is 9.87. The van der Waals surface area contributed by atoms with Crippen molar-refractivity contribution in [3.63, 3.8) is 0 Å². The van der Waals surface area contributed by atoms with Crippen molar-refractivity contribution in [3.8, 4) is 0 Å². The van der Waals surface area contributed by atoms with Gasteiger partial charge in [-0.1, -0.05) is 6.07 Å². The number of aliphatic hydroxyl groups excluding tert-OH is 1. The van der Waals surface area contributed by atoms with Gasteiger partial charge in [0.15, 0.2) is 0 Å². The first-order valence-corrected chi connectivity index (χ1v) is 8.12. The number of nitrogens with zero attached hydrogens (tertiary/aromatic N) is 2. The summed E-state index contributed by atoms with van der Waals surface area (Å²) in [6, 6.07) is 3.27. The van der Waals surface area contributed by atoms with E-state index in [-0.39, 0.29) is 11.5 Å². The summed E-state index contributed by atoms with van der Waals surface area (Å²) in [4.78, 5) is 0.168. The molecule has 2 aromatic rings. The van der Waals surface area contributed by atoms with Crippen LogP contribution >= 0.6 is 0 Å². The first-order valence-electron chi connectivity index (χ1n) is 6.63. The highest BCUT2D eigenvalue weighted by Crippen LogP contribution is 2.23. The summed E-state index contributed by atoms with van der Waals surface area (Å²) in [5.74, 6) is 0. The zero-order chi connectivity index (χ0) is 15.6. The van der Waals surface area contributed by atoms with Crippen LogP contribution in [0.4, 0.5) is 5.69 Å². The fourth-order valence-electron chi connectivity index (χ4n) is 2.13. The summed E-state index contributed by atoms with van der Waals surface area (Å²) in [6.45, 7) is 5.97. The van der Waals surface area contributed by atoms with Crippen LogP contribution in [-0.2, 0) is 23.2 Å². The molecule has 1 aromatic carbocycles. The summed E-state index contributed by atoms with van der Waals surface area (Å²) in [5.41, 5.74) is 2.53. The Hall–Kier alpha value is -1.86. The lowest BCUT2D eigenvalue weighted by Crippen LogP contribution is -2.14. The molecule has 0 atom stereocenters. The fourth-order valence-corrected chi connectivity index (χ4v) is 3.44. The first kappa shape index (κ1) is 15.5. The van der Waals surface area contributed by atoms with Gasteiger partial charge in [0.05, 0.1) is 23.4 Å². The molecule has 0 aliphatic rings. The molecule has 0 radical (unpaired) electrons. The van der Waals surface area contributed by atoms with Crippen LogP contribution < -0.4 is 4.72 Å². The Balaban J connectivity index is 2.39. The van der Waals surface area contributed by atoms with Crippen molar-refractivity contribution in [1.29, 1.82) is 0 Å². The molecular formula is C14H19N3O3S. The fraction of sp³-hybridized carbons (Fsp3) is 0.357. The van der Waals surface area contributed by atoms with Gasteiger partial charge in [-0.3, -0.25) is 9.40 Å². The molecule has 0 unspecified atom stereocenters. The number of rotatable bonds is 5. The summed E-state index contributed by atoms with van der Waals surface area (Å²) in [5, 5.41) is 13.3. The lowest BCUT2D eigenvalue weighted by molar-refractivity contribution is 0.280. The minimum atomic E-state index is -3.70. The smallest absolute Gasteiger partial charge is 0.262 e. The maximum absolute atomic E-state index is 12.5. The Morgan fingerprint density at radius 1 is 1.29 bits per heavy atom. The third-order valence-electron chi connectivity index (χ3n) is 3.30. The van der Waals surface area contributed by atoms with Crippen molar-refractivity contribution in [2.45, 2.75) is 38.8 Å². The van der Waals surface area contributed by atoms with E-state index in [1.54, 1.807) is 23.9 Å². The van der Waals surface area contributed by atoms with Gasteiger partial charge < -0.3 is 5.11 Å². The van der Waals surface area contributed by atoms with Crippen LogP contribution in [0.15, 0.2) is 29.4 Å². The number of benzene rings is 1. The average Bonchev–Trinajstić information content (AvgIpc) is 2.85. The van der Waals surface area contributed by atoms with Gasteiger partial charge in [0.25, 0.3) is 10.0 Å². The highest BCUT2D eigenvalue weighted by Gasteiger charge is 2.19. The predicted molar refractivity (Wildman–Crippen MR) is 80.5 cm³/mol. The van der Waals surface area contributed by atoms with E-state index < -0.39 is 10.0 Å². The molecule has 2 N–H and O–H groups in total. The van der Waals surface area contributed by atoms with Crippen LogP contribution in [0, 0.1) is 13.8 Å². The van der Waals surface area contributed by atoms with Crippen molar-refractivity contribution in [2.24, 2.45) is 0 Å². The third-order valence-corrected chi connectivity index (χ3v) is 4.83. The minimum Gasteiger partial charge on any atom is -0.392 e. The van der Waals surface area contributed by atoms with Crippen LogP contribution in [0.2, 0.25) is 0 Å². The predicted octanol–water partition coefficient (Wildman–Crippen LogP) is 1.81. The monoisotopic (exact) mass is 309 g/mol. The maximum Gasteiger partial charge on any atom is 0.262 e. The highest BCUT2D eigenvalue weighted by molar-refractivity contribution is 7.92. The van der Waals surface area contributed by atoms with Crippen LogP contribution in [0.5, 0.6) is 0 Å². The van der Waals surface area contributed by atoms with Gasteiger partial charge >= 0.3 is 0 Å². The van der Waals surface area contributed by atoms with Crippen molar-refractivity contribution in [2.75, 3.05) is 4.72 Å². The molecule has 0 bridgehead atoms. The second-order valence-electron chi connectivity index (χ2n) is 4.89. The Morgan fingerprint density at radius 3 is 2.57 bits per heavy atom. The zero-order valence-electron chi connectivity index (χ0n) is 12.3. The minimum absolute atomic E-state index is 0.168. The second-order valence-corrected chi connectivity index (χ2v) is 6.54. The molecule has 0 amide bonds. The van der Waals surface area contributed by atoms with E-state index in [0.717, 1.165) is 5.56 Å². The second kappa shape index (κ2) is 5.87. The molecule has 1 heterocycles. The molecule has 114 valence electrons. The van der Waals surface area contributed by atoms with E-state index >= 15 is 0 Å². The van der Waals surface area contributed by atoms with Gasteiger partial charge in [-0.25, -0.2) is 8.42 Å². The molecular weight excluding hydrogens is 290 g/mol. The molecule has 0 aliphatic carbocycles.